The summed E-state index contributed by atoms with van der Waals surface area (Å²) in [5.41, 5.74) is 0. The third kappa shape index (κ3) is 183000. The maximum Gasteiger partial charge on any atom is 1.00 e. The number of hydrogen-bond donors (Lipinski definition) is 0. The molecule has 0 atom stereocenters. The van der Waals surface area contributed by atoms with Gasteiger partial charge in [-0.25, -0.2) is 0 Å². The first-order valence-corrected chi connectivity index (χ1v) is 0.548. The molecule has 0 rings (SSSR count). The van der Waals surface area contributed by atoms with Gasteiger partial charge in [0.2, 0.25) is 0 Å². The zero-order valence-corrected chi connectivity index (χ0v) is 6.67. The van der Waals surface area contributed by atoms with E-state index in [9.17, 15) is 0 Å². The Hall–Kier alpha value is 0.0400. The fraction of sp³-hybridized carbons (Fsp3) is 0. The van der Waals surface area contributed by atoms with Crippen LogP contribution in [0.1, 0.15) is 0 Å². The molecule has 0 saturated carbocycles. The van der Waals surface area contributed by atoms with E-state index in [1.807, 2.05) is 0 Å². The van der Waals surface area contributed by atoms with Crippen molar-refractivity contribution in [2.24, 2.45) is 0 Å². The SMILES string of the molecule is O.O.O.O.O=[N+]([O-])[O-].[Na+]. The summed E-state index contributed by atoms with van der Waals surface area (Å²) < 4.78 is 0. The van der Waals surface area contributed by atoms with Crippen LogP contribution in [0.4, 0.5) is 0 Å². The Bertz CT molecular complexity index is 31.9. The van der Waals surface area contributed by atoms with E-state index in [1.54, 1.807) is 0 Å². The normalized spacial score (nSPS) is 2.67. The Labute approximate surface area is 72.1 Å². The van der Waals surface area contributed by atoms with Crippen LogP contribution in [0.25, 0.3) is 0 Å². The molecule has 0 heterocycles. The molecule has 0 saturated heterocycles. The van der Waals surface area contributed by atoms with E-state index < -0.39 is 5.09 Å². The first-order valence-electron chi connectivity index (χ1n) is 0.548. The first kappa shape index (κ1) is 63.2. The van der Waals surface area contributed by atoms with Gasteiger partial charge in [0.25, 0.3) is 0 Å². The molecule has 0 aromatic heterocycles. The van der Waals surface area contributed by atoms with Gasteiger partial charge in [0.1, 0.15) is 0 Å². The van der Waals surface area contributed by atoms with Crippen molar-refractivity contribution in [1.82, 2.24) is 0 Å². The molecular formula is H8NNaO7. The number of nitrogens with zero attached hydrogens (tertiary/aromatic N) is 1. The summed E-state index contributed by atoms with van der Waals surface area (Å²) in [7, 11) is 0. The number of hydrogen-bond acceptors (Lipinski definition) is 3. The van der Waals surface area contributed by atoms with E-state index in [-0.39, 0.29) is 51.5 Å². The molecule has 0 amide bonds. The molecule has 0 unspecified atom stereocenters. The van der Waals surface area contributed by atoms with E-state index in [1.165, 1.54) is 0 Å². The molecular weight excluding hydrogens is 149 g/mol. The molecule has 0 aliphatic heterocycles. The van der Waals surface area contributed by atoms with E-state index in [0.29, 0.717) is 0 Å². The van der Waals surface area contributed by atoms with Gasteiger partial charge in [-0.05, 0) is 0 Å². The van der Waals surface area contributed by atoms with Crippen LogP contribution in [0.15, 0.2) is 0 Å². The van der Waals surface area contributed by atoms with Crippen LogP contribution in [-0.4, -0.2) is 27.0 Å². The summed E-state index contributed by atoms with van der Waals surface area (Å²) in [6.45, 7) is 0. The Balaban J connectivity index is -0.00000000450. The molecule has 9 heavy (non-hydrogen) atoms. The minimum atomic E-state index is -1.75. The molecule has 8 N–H and O–H groups in total. The van der Waals surface area contributed by atoms with Crippen molar-refractivity contribution < 1.29 is 56.5 Å². The molecule has 0 spiro atoms. The van der Waals surface area contributed by atoms with E-state index in [4.69, 9.17) is 15.3 Å². The zero-order chi connectivity index (χ0) is 3.58. The van der Waals surface area contributed by atoms with Crippen LogP contribution in [0.2, 0.25) is 0 Å². The van der Waals surface area contributed by atoms with Crippen LogP contribution in [0.5, 0.6) is 0 Å². The summed E-state index contributed by atoms with van der Waals surface area (Å²) in [4.78, 5) is 8.25. The van der Waals surface area contributed by atoms with Crippen molar-refractivity contribution in [3.8, 4) is 0 Å². The average molecular weight is 157 g/mol. The fourth-order valence-corrected chi connectivity index (χ4v) is 0. The summed E-state index contributed by atoms with van der Waals surface area (Å²) in [5.74, 6) is 0. The molecule has 0 aliphatic rings. The summed E-state index contributed by atoms with van der Waals surface area (Å²) in [5, 5.41) is 14.8. The maximum atomic E-state index is 8.25. The van der Waals surface area contributed by atoms with Gasteiger partial charge in [-0.15, -0.1) is 0 Å². The smallest absolute Gasteiger partial charge is 0.412 e. The molecule has 0 bridgehead atoms. The summed E-state index contributed by atoms with van der Waals surface area (Å²) in [6.07, 6.45) is 0. The maximum absolute atomic E-state index is 8.25. The van der Waals surface area contributed by atoms with Gasteiger partial charge in [0.15, 0.2) is 0 Å². The minimum Gasteiger partial charge on any atom is -0.412 e. The van der Waals surface area contributed by atoms with Crippen molar-refractivity contribution in [2.45, 2.75) is 0 Å². The molecule has 0 aromatic carbocycles. The van der Waals surface area contributed by atoms with Crippen LogP contribution in [0.3, 0.4) is 0 Å². The first-order chi connectivity index (χ1) is 1.73. The van der Waals surface area contributed by atoms with Gasteiger partial charge >= 0.3 is 29.6 Å². The Kier molecular flexibility index (Phi) is 303. The van der Waals surface area contributed by atoms with Crippen molar-refractivity contribution in [2.75, 3.05) is 0 Å². The van der Waals surface area contributed by atoms with Crippen LogP contribution < -0.4 is 29.6 Å². The fourth-order valence-electron chi connectivity index (χ4n) is 0. The van der Waals surface area contributed by atoms with E-state index in [2.05, 4.69) is 0 Å². The Morgan fingerprint density at radius 3 is 0.889 bits per heavy atom. The second-order valence-electron chi connectivity index (χ2n) is 0.224. The molecule has 9 heteroatoms. The number of rotatable bonds is 0. The van der Waals surface area contributed by atoms with E-state index >= 15 is 0 Å². The zero-order valence-electron chi connectivity index (χ0n) is 4.67. The monoisotopic (exact) mass is 157 g/mol. The van der Waals surface area contributed by atoms with E-state index in [0.717, 1.165) is 0 Å². The molecule has 8 nitrogen and oxygen atoms in total. The van der Waals surface area contributed by atoms with Crippen molar-refractivity contribution in [3.63, 3.8) is 0 Å². The topological polar surface area (TPSA) is 192 Å². The third-order valence-corrected chi connectivity index (χ3v) is 0. The molecule has 56 valence electrons. The van der Waals surface area contributed by atoms with Crippen molar-refractivity contribution in [1.29, 1.82) is 0 Å². The minimum absolute atomic E-state index is 0. The predicted molar refractivity (Wildman–Crippen MR) is 24.8 cm³/mol. The molecule has 0 aromatic rings. The van der Waals surface area contributed by atoms with Gasteiger partial charge in [-0.3, -0.25) is 0 Å². The quantitative estimate of drug-likeness (QED) is 0.192. The Morgan fingerprint density at radius 1 is 0.889 bits per heavy atom. The summed E-state index contributed by atoms with van der Waals surface area (Å²) in [6, 6.07) is 0. The summed E-state index contributed by atoms with van der Waals surface area (Å²) >= 11 is 0. The molecule has 0 aliphatic carbocycles. The largest absolute Gasteiger partial charge is 1.00 e. The average Bonchev–Trinajstić information content (AvgIpc) is 0.811. The standard InChI is InChI=1S/NO3.Na.4H2O/c2-1(3)4;;;;;/h;;4*1H2/q-1;+1;;;;. The van der Waals surface area contributed by atoms with Gasteiger partial charge in [-0.1, -0.05) is 0 Å². The Morgan fingerprint density at radius 2 is 0.889 bits per heavy atom. The molecule has 0 fully saturated rings. The van der Waals surface area contributed by atoms with Crippen LogP contribution in [0, 0.1) is 15.3 Å². The van der Waals surface area contributed by atoms with Crippen molar-refractivity contribution in [3.05, 3.63) is 15.3 Å². The second-order valence-corrected chi connectivity index (χ2v) is 0.224. The van der Waals surface area contributed by atoms with Crippen molar-refractivity contribution >= 4 is 0 Å². The third-order valence-electron chi connectivity index (χ3n) is 0. The second kappa shape index (κ2) is 43.1. The van der Waals surface area contributed by atoms with Crippen LogP contribution in [-0.2, 0) is 0 Å². The predicted octanol–water partition coefficient (Wildman–Crippen LogP) is -6.53. The van der Waals surface area contributed by atoms with Gasteiger partial charge in [0, 0.05) is 0 Å². The van der Waals surface area contributed by atoms with Gasteiger partial charge in [0.05, 0.1) is 5.09 Å². The van der Waals surface area contributed by atoms with Gasteiger partial charge < -0.3 is 37.2 Å². The van der Waals surface area contributed by atoms with Crippen LogP contribution >= 0.6 is 0 Å². The molecule has 0 radical (unpaired) electrons. The van der Waals surface area contributed by atoms with Gasteiger partial charge in [-0.2, -0.15) is 0 Å².